The highest BCUT2D eigenvalue weighted by Gasteiger charge is 2.26. The number of anilines is 3. The Balaban J connectivity index is 1.71. The molecule has 9 heteroatoms. The Hall–Kier alpha value is -3.33. The molecule has 3 aromatic rings. The van der Waals surface area contributed by atoms with E-state index in [0.29, 0.717) is 28.1 Å². The van der Waals surface area contributed by atoms with Gasteiger partial charge in [-0.15, -0.1) is 0 Å². The smallest absolute Gasteiger partial charge is 0.247 e. The molecular weight excluding hydrogens is 479 g/mol. The number of aromatic nitrogens is 2. The van der Waals surface area contributed by atoms with E-state index in [-0.39, 0.29) is 16.5 Å². The number of amides is 1. The van der Waals surface area contributed by atoms with Crippen LogP contribution < -0.4 is 10.6 Å². The molecule has 2 aromatic carbocycles. The van der Waals surface area contributed by atoms with E-state index in [1.54, 1.807) is 6.07 Å². The molecule has 4 rings (SSSR count). The van der Waals surface area contributed by atoms with Crippen LogP contribution in [-0.2, 0) is 4.79 Å². The number of benzene rings is 2. The predicted octanol–water partition coefficient (Wildman–Crippen LogP) is 5.33. The number of piperazine rings is 1. The first-order chi connectivity index (χ1) is 17.2. The minimum absolute atomic E-state index is 0.00712. The number of hydrogen-bond acceptors (Lipinski definition) is 6. The standard InChI is InChI=1S/C27H30ClFN6O/c1-5-25(36)33-23-16-20-24(30-17-31-26(20)32-19-6-7-22(29)21(28)15-19)14-18(23)8-9-27(2,3)35-12-10-34(4)11-13-35/h5-9,14-17H,1,10-13H2,2-4H3,(H,33,36)(H,30,31,32). The van der Waals surface area contributed by atoms with Gasteiger partial charge in [-0.2, -0.15) is 0 Å². The maximum atomic E-state index is 13.6. The SMILES string of the molecule is C=CC(=O)Nc1cc2c(Nc3ccc(F)c(Cl)c3)ncnc2cc1C=CC(C)(C)N1CCN(C)CC1. The van der Waals surface area contributed by atoms with Gasteiger partial charge in [0.2, 0.25) is 5.91 Å². The van der Waals surface area contributed by atoms with Crippen LogP contribution in [0.1, 0.15) is 19.4 Å². The normalized spacial score (nSPS) is 15.4. The van der Waals surface area contributed by atoms with Crippen LogP contribution in [0, 0.1) is 5.82 Å². The van der Waals surface area contributed by atoms with Crippen LogP contribution in [0.25, 0.3) is 17.0 Å². The zero-order chi connectivity index (χ0) is 25.9. The lowest BCUT2D eigenvalue weighted by atomic mass is 9.98. The summed E-state index contributed by atoms with van der Waals surface area (Å²) in [6.07, 6.45) is 6.86. The zero-order valence-corrected chi connectivity index (χ0v) is 21.4. The molecule has 0 bridgehead atoms. The van der Waals surface area contributed by atoms with E-state index in [1.807, 2.05) is 18.2 Å². The van der Waals surface area contributed by atoms with Crippen LogP contribution in [0.5, 0.6) is 0 Å². The average molecular weight is 509 g/mol. The summed E-state index contributed by atoms with van der Waals surface area (Å²) >= 11 is 5.93. The second-order valence-electron chi connectivity index (χ2n) is 9.40. The molecule has 1 fully saturated rings. The van der Waals surface area contributed by atoms with Crippen molar-refractivity contribution in [2.75, 3.05) is 43.9 Å². The first kappa shape index (κ1) is 25.8. The van der Waals surface area contributed by atoms with E-state index >= 15 is 0 Å². The number of nitrogens with zero attached hydrogens (tertiary/aromatic N) is 4. The van der Waals surface area contributed by atoms with Gasteiger partial charge in [0.05, 0.1) is 10.5 Å². The molecule has 1 saturated heterocycles. The Kier molecular flexibility index (Phi) is 7.68. The van der Waals surface area contributed by atoms with E-state index in [2.05, 4.69) is 64.0 Å². The molecule has 1 aromatic heterocycles. The maximum absolute atomic E-state index is 13.6. The third kappa shape index (κ3) is 5.90. The first-order valence-corrected chi connectivity index (χ1v) is 12.1. The fourth-order valence-electron chi connectivity index (χ4n) is 4.14. The minimum atomic E-state index is -0.500. The van der Waals surface area contributed by atoms with Crippen molar-refractivity contribution in [1.82, 2.24) is 19.8 Å². The molecule has 1 aliphatic heterocycles. The molecular formula is C27H30ClFN6O. The molecule has 2 N–H and O–H groups in total. The van der Waals surface area contributed by atoms with Crippen molar-refractivity contribution in [3.05, 3.63) is 71.8 Å². The minimum Gasteiger partial charge on any atom is -0.340 e. The molecule has 0 radical (unpaired) electrons. The van der Waals surface area contributed by atoms with Crippen molar-refractivity contribution in [3.63, 3.8) is 0 Å². The van der Waals surface area contributed by atoms with E-state index in [1.165, 1.54) is 24.5 Å². The van der Waals surface area contributed by atoms with Crippen LogP contribution in [0.2, 0.25) is 5.02 Å². The van der Waals surface area contributed by atoms with Gasteiger partial charge in [0, 0.05) is 48.5 Å². The van der Waals surface area contributed by atoms with Crippen LogP contribution in [-0.4, -0.2) is 64.4 Å². The maximum Gasteiger partial charge on any atom is 0.247 e. The van der Waals surface area contributed by atoms with Gasteiger partial charge < -0.3 is 15.5 Å². The van der Waals surface area contributed by atoms with Crippen molar-refractivity contribution in [2.24, 2.45) is 0 Å². The average Bonchev–Trinajstić information content (AvgIpc) is 2.85. The van der Waals surface area contributed by atoms with E-state index in [9.17, 15) is 9.18 Å². The Bertz CT molecular complexity index is 1320. The second-order valence-corrected chi connectivity index (χ2v) is 9.81. The van der Waals surface area contributed by atoms with Crippen LogP contribution in [0.4, 0.5) is 21.6 Å². The highest BCUT2D eigenvalue weighted by atomic mass is 35.5. The molecule has 0 atom stereocenters. The van der Waals surface area contributed by atoms with Crippen molar-refractivity contribution in [2.45, 2.75) is 19.4 Å². The molecule has 0 saturated carbocycles. The van der Waals surface area contributed by atoms with Gasteiger partial charge in [0.15, 0.2) is 0 Å². The largest absolute Gasteiger partial charge is 0.340 e. The molecule has 1 amide bonds. The second kappa shape index (κ2) is 10.7. The third-order valence-corrected chi connectivity index (χ3v) is 6.71. The summed E-state index contributed by atoms with van der Waals surface area (Å²) in [7, 11) is 2.14. The molecule has 1 aliphatic rings. The first-order valence-electron chi connectivity index (χ1n) is 11.7. The molecule has 36 heavy (non-hydrogen) atoms. The summed E-state index contributed by atoms with van der Waals surface area (Å²) in [5, 5.41) is 6.76. The van der Waals surface area contributed by atoms with Crippen molar-refractivity contribution in [3.8, 4) is 0 Å². The lowest BCUT2D eigenvalue weighted by Gasteiger charge is -2.41. The van der Waals surface area contributed by atoms with Gasteiger partial charge in [-0.3, -0.25) is 9.69 Å². The van der Waals surface area contributed by atoms with Gasteiger partial charge in [-0.05, 0) is 62.9 Å². The lowest BCUT2D eigenvalue weighted by Crippen LogP contribution is -2.52. The van der Waals surface area contributed by atoms with Crippen molar-refractivity contribution >= 4 is 51.7 Å². The van der Waals surface area contributed by atoms with E-state index in [0.717, 1.165) is 31.7 Å². The number of likely N-dealkylation sites (N-methyl/N-ethyl adjacent to an activating group) is 1. The van der Waals surface area contributed by atoms with Gasteiger partial charge >= 0.3 is 0 Å². The molecule has 188 valence electrons. The quantitative estimate of drug-likeness (QED) is 0.420. The fourth-order valence-corrected chi connectivity index (χ4v) is 4.32. The van der Waals surface area contributed by atoms with E-state index < -0.39 is 5.82 Å². The van der Waals surface area contributed by atoms with Crippen LogP contribution in [0.15, 0.2) is 55.4 Å². The molecule has 7 nitrogen and oxygen atoms in total. The number of nitrogens with one attached hydrogen (secondary N) is 2. The number of rotatable bonds is 7. The van der Waals surface area contributed by atoms with Gasteiger partial charge in [0.1, 0.15) is 18.0 Å². The Morgan fingerprint density at radius 1 is 1.17 bits per heavy atom. The number of carbonyl (C=O) groups excluding carboxylic acids is 1. The lowest BCUT2D eigenvalue weighted by molar-refractivity contribution is -0.111. The Morgan fingerprint density at radius 3 is 2.61 bits per heavy atom. The Labute approximate surface area is 215 Å². The summed E-state index contributed by atoms with van der Waals surface area (Å²) in [5.41, 5.74) is 2.52. The third-order valence-electron chi connectivity index (χ3n) is 6.42. The van der Waals surface area contributed by atoms with Crippen molar-refractivity contribution in [1.29, 1.82) is 0 Å². The molecule has 0 aliphatic carbocycles. The summed E-state index contributed by atoms with van der Waals surface area (Å²) in [5.74, 6) is -0.316. The molecule has 0 unspecified atom stereocenters. The summed E-state index contributed by atoms with van der Waals surface area (Å²) in [6.45, 7) is 12.0. The highest BCUT2D eigenvalue weighted by molar-refractivity contribution is 6.31. The van der Waals surface area contributed by atoms with E-state index in [4.69, 9.17) is 11.6 Å². The highest BCUT2D eigenvalue weighted by Crippen LogP contribution is 2.31. The Morgan fingerprint density at radius 2 is 1.92 bits per heavy atom. The number of carbonyl (C=O) groups is 1. The number of hydrogen-bond donors (Lipinski definition) is 2. The monoisotopic (exact) mass is 508 g/mol. The van der Waals surface area contributed by atoms with Crippen molar-refractivity contribution < 1.29 is 9.18 Å². The predicted molar refractivity (Wildman–Crippen MR) is 145 cm³/mol. The molecule has 2 heterocycles. The fraction of sp³-hybridized carbons (Fsp3) is 0.296. The summed E-state index contributed by atoms with van der Waals surface area (Å²) in [4.78, 5) is 25.8. The topological polar surface area (TPSA) is 73.4 Å². The van der Waals surface area contributed by atoms with Gasteiger partial charge in [-0.1, -0.05) is 30.3 Å². The number of halogens is 2. The van der Waals surface area contributed by atoms with Crippen LogP contribution >= 0.6 is 11.6 Å². The molecule has 0 spiro atoms. The zero-order valence-electron chi connectivity index (χ0n) is 20.7. The summed E-state index contributed by atoms with van der Waals surface area (Å²) in [6, 6.07) is 8.09. The van der Waals surface area contributed by atoms with Gasteiger partial charge in [-0.25, -0.2) is 14.4 Å². The summed E-state index contributed by atoms with van der Waals surface area (Å²) < 4.78 is 13.6. The number of fused-ring (bicyclic) bond motifs is 1. The van der Waals surface area contributed by atoms with Crippen LogP contribution in [0.3, 0.4) is 0 Å². The van der Waals surface area contributed by atoms with Gasteiger partial charge in [0.25, 0.3) is 0 Å².